The SMILES string of the molecule is O=C(Nc1n[nH]c2cc(-c3sccc3Br)ccc12)C1CC1. The van der Waals surface area contributed by atoms with E-state index >= 15 is 0 Å². The van der Waals surface area contributed by atoms with Crippen molar-refractivity contribution in [3.8, 4) is 10.4 Å². The number of hydrogen-bond donors (Lipinski definition) is 2. The maximum atomic E-state index is 11.8. The van der Waals surface area contributed by atoms with Gasteiger partial charge in [-0.1, -0.05) is 6.07 Å². The Balaban J connectivity index is 1.70. The topological polar surface area (TPSA) is 57.8 Å². The van der Waals surface area contributed by atoms with E-state index in [1.54, 1.807) is 11.3 Å². The van der Waals surface area contributed by atoms with E-state index in [0.29, 0.717) is 5.82 Å². The molecule has 2 heterocycles. The molecule has 4 nitrogen and oxygen atoms in total. The molecule has 1 fully saturated rings. The number of nitrogens with one attached hydrogen (secondary N) is 2. The Morgan fingerprint density at radius 1 is 1.38 bits per heavy atom. The van der Waals surface area contributed by atoms with Crippen LogP contribution in [-0.2, 0) is 4.79 Å². The second-order valence-corrected chi connectivity index (χ2v) is 6.96. The third-order valence-electron chi connectivity index (χ3n) is 3.63. The van der Waals surface area contributed by atoms with Gasteiger partial charge in [-0.25, -0.2) is 0 Å². The fraction of sp³-hybridized carbons (Fsp3) is 0.200. The van der Waals surface area contributed by atoms with Crippen LogP contribution in [0.5, 0.6) is 0 Å². The molecule has 2 N–H and O–H groups in total. The highest BCUT2D eigenvalue weighted by Gasteiger charge is 2.30. The molecular weight excluding hydrogens is 350 g/mol. The monoisotopic (exact) mass is 361 g/mol. The van der Waals surface area contributed by atoms with E-state index in [1.165, 1.54) is 4.88 Å². The van der Waals surface area contributed by atoms with Crippen LogP contribution in [-0.4, -0.2) is 16.1 Å². The van der Waals surface area contributed by atoms with Crippen molar-refractivity contribution in [1.29, 1.82) is 0 Å². The van der Waals surface area contributed by atoms with E-state index in [1.807, 2.05) is 12.1 Å². The molecule has 0 saturated heterocycles. The van der Waals surface area contributed by atoms with E-state index in [-0.39, 0.29) is 11.8 Å². The molecule has 2 aromatic heterocycles. The van der Waals surface area contributed by atoms with Crippen LogP contribution < -0.4 is 5.32 Å². The van der Waals surface area contributed by atoms with Crippen molar-refractivity contribution in [2.24, 2.45) is 5.92 Å². The highest BCUT2D eigenvalue weighted by molar-refractivity contribution is 9.10. The molecule has 1 amide bonds. The molecule has 0 atom stereocenters. The fourth-order valence-corrected chi connectivity index (χ4v) is 3.92. The first-order chi connectivity index (χ1) is 10.2. The second-order valence-electron chi connectivity index (χ2n) is 5.19. The zero-order chi connectivity index (χ0) is 14.4. The Kier molecular flexibility index (Phi) is 3.08. The van der Waals surface area contributed by atoms with Gasteiger partial charge in [-0.15, -0.1) is 11.3 Å². The first-order valence-corrected chi connectivity index (χ1v) is 8.42. The number of rotatable bonds is 3. The lowest BCUT2D eigenvalue weighted by Gasteiger charge is -2.02. The van der Waals surface area contributed by atoms with Crippen molar-refractivity contribution in [3.63, 3.8) is 0 Å². The highest BCUT2D eigenvalue weighted by Crippen LogP contribution is 2.36. The van der Waals surface area contributed by atoms with E-state index in [2.05, 4.69) is 49.0 Å². The minimum Gasteiger partial charge on any atom is -0.308 e. The van der Waals surface area contributed by atoms with Crippen molar-refractivity contribution in [1.82, 2.24) is 10.2 Å². The van der Waals surface area contributed by atoms with Crippen molar-refractivity contribution in [2.45, 2.75) is 12.8 Å². The molecule has 0 spiro atoms. The zero-order valence-electron chi connectivity index (χ0n) is 11.0. The van der Waals surface area contributed by atoms with Gasteiger partial charge in [0.25, 0.3) is 0 Å². The summed E-state index contributed by atoms with van der Waals surface area (Å²) in [5.41, 5.74) is 2.06. The molecule has 106 valence electrons. The summed E-state index contributed by atoms with van der Waals surface area (Å²) in [5.74, 6) is 0.880. The van der Waals surface area contributed by atoms with Gasteiger partial charge in [0.2, 0.25) is 5.91 Å². The van der Waals surface area contributed by atoms with Gasteiger partial charge in [-0.3, -0.25) is 9.89 Å². The first kappa shape index (κ1) is 13.0. The first-order valence-electron chi connectivity index (χ1n) is 6.75. The largest absolute Gasteiger partial charge is 0.308 e. The number of carbonyl (C=O) groups excluding carboxylic acids is 1. The number of aromatic amines is 1. The number of halogens is 1. The number of anilines is 1. The average molecular weight is 362 g/mol. The van der Waals surface area contributed by atoms with Gasteiger partial charge in [0.05, 0.1) is 5.52 Å². The molecule has 0 radical (unpaired) electrons. The molecule has 1 saturated carbocycles. The van der Waals surface area contributed by atoms with Crippen molar-refractivity contribution >= 4 is 49.9 Å². The number of H-pyrrole nitrogens is 1. The summed E-state index contributed by atoms with van der Waals surface area (Å²) in [6.07, 6.45) is 1.98. The smallest absolute Gasteiger partial charge is 0.228 e. The van der Waals surface area contributed by atoms with Gasteiger partial charge in [-0.05, 0) is 57.9 Å². The summed E-state index contributed by atoms with van der Waals surface area (Å²) < 4.78 is 1.09. The third-order valence-corrected chi connectivity index (χ3v) is 5.52. The quantitative estimate of drug-likeness (QED) is 0.726. The van der Waals surface area contributed by atoms with Crippen LogP contribution >= 0.6 is 27.3 Å². The second kappa shape index (κ2) is 4.96. The fourth-order valence-electron chi connectivity index (χ4n) is 2.32. The number of fused-ring (bicyclic) bond motifs is 1. The molecule has 6 heteroatoms. The minimum atomic E-state index is 0.0773. The lowest BCUT2D eigenvalue weighted by Crippen LogP contribution is -2.13. The highest BCUT2D eigenvalue weighted by atomic mass is 79.9. The Morgan fingerprint density at radius 3 is 2.95 bits per heavy atom. The Hall–Kier alpha value is -1.66. The predicted octanol–water partition coefficient (Wildman–Crippen LogP) is 4.40. The van der Waals surface area contributed by atoms with Crippen LogP contribution in [0.3, 0.4) is 0 Å². The third kappa shape index (κ3) is 2.38. The number of hydrogen-bond acceptors (Lipinski definition) is 3. The molecule has 0 unspecified atom stereocenters. The van der Waals surface area contributed by atoms with Crippen molar-refractivity contribution in [3.05, 3.63) is 34.1 Å². The Bertz CT molecular complexity index is 834. The molecule has 0 aliphatic heterocycles. The molecule has 1 aliphatic rings. The van der Waals surface area contributed by atoms with Gasteiger partial charge in [0, 0.05) is 20.7 Å². The molecule has 1 aromatic carbocycles. The summed E-state index contributed by atoms with van der Waals surface area (Å²) in [6.45, 7) is 0. The molecule has 4 rings (SSSR count). The van der Waals surface area contributed by atoms with E-state index in [0.717, 1.165) is 33.8 Å². The van der Waals surface area contributed by atoms with Crippen LogP contribution in [0.4, 0.5) is 5.82 Å². The number of amides is 1. The van der Waals surface area contributed by atoms with E-state index in [4.69, 9.17) is 0 Å². The molecule has 0 bridgehead atoms. The standard InChI is InChI=1S/C15H12BrN3OS/c16-11-5-6-21-13(11)9-3-4-10-12(7-9)18-19-14(10)17-15(20)8-1-2-8/h3-8H,1-2H2,(H2,17,18,19,20). The zero-order valence-corrected chi connectivity index (χ0v) is 13.4. The van der Waals surface area contributed by atoms with Gasteiger partial charge < -0.3 is 5.32 Å². The summed E-state index contributed by atoms with van der Waals surface area (Å²) in [7, 11) is 0. The van der Waals surface area contributed by atoms with Crippen LogP contribution in [0.15, 0.2) is 34.1 Å². The lowest BCUT2D eigenvalue weighted by atomic mass is 10.1. The molecule has 1 aliphatic carbocycles. The number of carbonyl (C=O) groups is 1. The van der Waals surface area contributed by atoms with Crippen LogP contribution in [0.25, 0.3) is 21.3 Å². The van der Waals surface area contributed by atoms with Crippen molar-refractivity contribution in [2.75, 3.05) is 5.32 Å². The van der Waals surface area contributed by atoms with Gasteiger partial charge >= 0.3 is 0 Å². The van der Waals surface area contributed by atoms with Gasteiger partial charge in [0.15, 0.2) is 5.82 Å². The summed E-state index contributed by atoms with van der Waals surface area (Å²) >= 11 is 5.25. The Morgan fingerprint density at radius 2 is 2.24 bits per heavy atom. The summed E-state index contributed by atoms with van der Waals surface area (Å²) in [6, 6.07) is 8.16. The van der Waals surface area contributed by atoms with Crippen LogP contribution in [0, 0.1) is 5.92 Å². The number of thiophene rings is 1. The number of aromatic nitrogens is 2. The van der Waals surface area contributed by atoms with Crippen molar-refractivity contribution < 1.29 is 4.79 Å². The summed E-state index contributed by atoms with van der Waals surface area (Å²) in [4.78, 5) is 13.0. The van der Waals surface area contributed by atoms with Crippen LogP contribution in [0.1, 0.15) is 12.8 Å². The normalized spacial score (nSPS) is 14.5. The average Bonchev–Trinajstić information content (AvgIpc) is 3.15. The van der Waals surface area contributed by atoms with Gasteiger partial charge in [-0.2, -0.15) is 5.10 Å². The predicted molar refractivity (Wildman–Crippen MR) is 88.5 cm³/mol. The van der Waals surface area contributed by atoms with E-state index < -0.39 is 0 Å². The summed E-state index contributed by atoms with van der Waals surface area (Å²) in [5, 5.41) is 13.1. The number of benzene rings is 1. The lowest BCUT2D eigenvalue weighted by molar-refractivity contribution is -0.117. The molecule has 21 heavy (non-hydrogen) atoms. The maximum Gasteiger partial charge on any atom is 0.228 e. The molecule has 3 aromatic rings. The molecular formula is C15H12BrN3OS. The van der Waals surface area contributed by atoms with Gasteiger partial charge in [0.1, 0.15) is 0 Å². The van der Waals surface area contributed by atoms with E-state index in [9.17, 15) is 4.79 Å². The number of nitrogens with zero attached hydrogens (tertiary/aromatic N) is 1. The minimum absolute atomic E-state index is 0.0773. The Labute approximate surface area is 133 Å². The van der Waals surface area contributed by atoms with Crippen LogP contribution in [0.2, 0.25) is 0 Å². The maximum absolute atomic E-state index is 11.8.